The normalized spacial score (nSPS) is 11.3. The molecule has 0 saturated heterocycles. The van der Waals surface area contributed by atoms with Crippen molar-refractivity contribution in [3.8, 4) is 5.75 Å². The molecule has 0 saturated carbocycles. The highest BCUT2D eigenvalue weighted by atomic mass is 35.5. The van der Waals surface area contributed by atoms with Gasteiger partial charge in [-0.2, -0.15) is 0 Å². The van der Waals surface area contributed by atoms with E-state index in [1.807, 2.05) is 19.6 Å². The van der Waals surface area contributed by atoms with E-state index >= 15 is 0 Å². The summed E-state index contributed by atoms with van der Waals surface area (Å²) >= 11 is 11.7. The van der Waals surface area contributed by atoms with Gasteiger partial charge < -0.3 is 4.43 Å². The Labute approximate surface area is 100 Å². The van der Waals surface area contributed by atoms with Crippen LogP contribution in [-0.2, 0) is 0 Å². The molecule has 0 amide bonds. The van der Waals surface area contributed by atoms with Gasteiger partial charge in [0.2, 0.25) is 8.32 Å². The van der Waals surface area contributed by atoms with Crippen molar-refractivity contribution in [1.82, 2.24) is 0 Å². The summed E-state index contributed by atoms with van der Waals surface area (Å²) in [6.45, 7) is 6.07. The molecule has 15 heavy (non-hydrogen) atoms. The quantitative estimate of drug-likeness (QED) is 0.608. The second-order valence-corrected chi connectivity index (χ2v) is 9.40. The summed E-state index contributed by atoms with van der Waals surface area (Å²) < 4.78 is 5.72. The van der Waals surface area contributed by atoms with Gasteiger partial charge in [-0.3, -0.25) is 4.79 Å². The van der Waals surface area contributed by atoms with Crippen molar-refractivity contribution < 1.29 is 9.22 Å². The molecule has 0 aliphatic heterocycles. The number of carbonyl (C=O) groups excluding carboxylic acids is 1. The Morgan fingerprint density at radius 3 is 2.33 bits per heavy atom. The Morgan fingerprint density at radius 2 is 1.87 bits per heavy atom. The third-order valence-electron chi connectivity index (χ3n) is 1.59. The number of hydrogen-bond acceptors (Lipinski definition) is 2. The zero-order valence-electron chi connectivity index (χ0n) is 8.80. The van der Waals surface area contributed by atoms with E-state index in [0.29, 0.717) is 27.6 Å². The van der Waals surface area contributed by atoms with Crippen LogP contribution in [0.25, 0.3) is 0 Å². The molecule has 0 atom stereocenters. The van der Waals surface area contributed by atoms with Gasteiger partial charge in [-0.15, -0.1) is 0 Å². The smallest absolute Gasteiger partial charge is 0.242 e. The van der Waals surface area contributed by atoms with Crippen molar-refractivity contribution in [2.24, 2.45) is 0 Å². The number of aldehydes is 1. The third-order valence-corrected chi connectivity index (χ3v) is 2.95. The highest BCUT2D eigenvalue weighted by molar-refractivity contribution is 6.70. The van der Waals surface area contributed by atoms with Crippen LogP contribution in [0.15, 0.2) is 12.1 Å². The monoisotopic (exact) mass is 262 g/mol. The van der Waals surface area contributed by atoms with E-state index in [1.165, 1.54) is 6.07 Å². The van der Waals surface area contributed by atoms with Gasteiger partial charge in [-0.1, -0.05) is 23.2 Å². The Kier molecular flexibility index (Phi) is 3.81. The number of rotatable bonds is 3. The summed E-state index contributed by atoms with van der Waals surface area (Å²) in [7, 11) is -1.77. The molecule has 0 aliphatic carbocycles. The van der Waals surface area contributed by atoms with Crippen molar-refractivity contribution in [1.29, 1.82) is 0 Å². The first-order chi connectivity index (χ1) is 6.83. The SMILES string of the molecule is C[Si](C)(C)Oc1cc(Cl)cc(Cl)c1C=O. The average Bonchev–Trinajstić information content (AvgIpc) is 1.99. The fourth-order valence-corrected chi connectivity index (χ4v) is 2.44. The van der Waals surface area contributed by atoms with E-state index in [0.717, 1.165) is 0 Å². The molecule has 1 aromatic carbocycles. The molecule has 0 fully saturated rings. The van der Waals surface area contributed by atoms with Crippen LogP contribution >= 0.6 is 23.2 Å². The number of benzene rings is 1. The molecule has 2 nitrogen and oxygen atoms in total. The van der Waals surface area contributed by atoms with Gasteiger partial charge in [-0.25, -0.2) is 0 Å². The van der Waals surface area contributed by atoms with Crippen LogP contribution in [0.4, 0.5) is 0 Å². The van der Waals surface area contributed by atoms with Gasteiger partial charge in [0.05, 0.1) is 10.6 Å². The van der Waals surface area contributed by atoms with Crippen molar-refractivity contribution in [3.05, 3.63) is 27.7 Å². The largest absolute Gasteiger partial charge is 0.544 e. The van der Waals surface area contributed by atoms with Gasteiger partial charge in [0.25, 0.3) is 0 Å². The van der Waals surface area contributed by atoms with Gasteiger partial charge in [-0.05, 0) is 31.8 Å². The summed E-state index contributed by atoms with van der Waals surface area (Å²) in [5.41, 5.74) is 0.364. The maximum Gasteiger partial charge on any atom is 0.242 e. The zero-order valence-corrected chi connectivity index (χ0v) is 11.3. The first-order valence-electron chi connectivity index (χ1n) is 4.47. The molecule has 0 aromatic heterocycles. The Hall–Kier alpha value is -0.513. The predicted octanol–water partition coefficient (Wildman–Crippen LogP) is 4.02. The average molecular weight is 263 g/mol. The van der Waals surface area contributed by atoms with Crippen LogP contribution in [0, 0.1) is 0 Å². The molecule has 0 radical (unpaired) electrons. The fourth-order valence-electron chi connectivity index (χ4n) is 1.09. The molecular weight excluding hydrogens is 251 g/mol. The van der Waals surface area contributed by atoms with Gasteiger partial charge in [0, 0.05) is 5.02 Å². The molecule has 82 valence electrons. The molecule has 0 heterocycles. The standard InChI is InChI=1S/C10H12Cl2O2Si/c1-15(2,3)14-10-5-7(11)4-9(12)8(10)6-13/h4-6H,1-3H3. The Bertz CT molecular complexity index is 386. The summed E-state index contributed by atoms with van der Waals surface area (Å²) in [6, 6.07) is 3.15. The van der Waals surface area contributed by atoms with Gasteiger partial charge >= 0.3 is 0 Å². The van der Waals surface area contributed by atoms with E-state index in [1.54, 1.807) is 6.07 Å². The van der Waals surface area contributed by atoms with Crippen LogP contribution in [0.5, 0.6) is 5.75 Å². The molecule has 0 spiro atoms. The second-order valence-electron chi connectivity index (χ2n) is 4.13. The first-order valence-corrected chi connectivity index (χ1v) is 8.63. The topological polar surface area (TPSA) is 26.3 Å². The van der Waals surface area contributed by atoms with E-state index in [2.05, 4.69) is 0 Å². The predicted molar refractivity (Wildman–Crippen MR) is 65.8 cm³/mol. The minimum atomic E-state index is -1.77. The molecule has 5 heteroatoms. The van der Waals surface area contributed by atoms with Crippen molar-refractivity contribution >= 4 is 37.8 Å². The summed E-state index contributed by atoms with van der Waals surface area (Å²) in [6.07, 6.45) is 0.689. The second kappa shape index (κ2) is 4.55. The lowest BCUT2D eigenvalue weighted by molar-refractivity contribution is 0.112. The van der Waals surface area contributed by atoms with E-state index in [4.69, 9.17) is 27.6 Å². The first kappa shape index (κ1) is 12.6. The Balaban J connectivity index is 3.21. The van der Waals surface area contributed by atoms with Crippen molar-refractivity contribution in [2.45, 2.75) is 19.6 Å². The Morgan fingerprint density at radius 1 is 1.27 bits per heavy atom. The van der Waals surface area contributed by atoms with Crippen LogP contribution < -0.4 is 4.43 Å². The van der Waals surface area contributed by atoms with E-state index in [-0.39, 0.29) is 0 Å². The zero-order chi connectivity index (χ0) is 11.6. The lowest BCUT2D eigenvalue weighted by Crippen LogP contribution is -2.29. The minimum absolute atomic E-state index is 0.325. The molecule has 0 N–H and O–H groups in total. The lowest BCUT2D eigenvalue weighted by atomic mass is 10.2. The van der Waals surface area contributed by atoms with Crippen LogP contribution in [0.1, 0.15) is 10.4 Å². The van der Waals surface area contributed by atoms with Crippen LogP contribution in [0.2, 0.25) is 29.7 Å². The molecule has 1 rings (SSSR count). The third kappa shape index (κ3) is 3.52. The summed E-state index contributed by atoms with van der Waals surface area (Å²) in [5, 5.41) is 0.796. The van der Waals surface area contributed by atoms with E-state index in [9.17, 15) is 4.79 Å². The minimum Gasteiger partial charge on any atom is -0.544 e. The molecule has 1 aromatic rings. The maximum absolute atomic E-state index is 10.9. The fraction of sp³-hybridized carbons (Fsp3) is 0.300. The number of halogens is 2. The highest BCUT2D eigenvalue weighted by Gasteiger charge is 2.19. The molecule has 0 unspecified atom stereocenters. The maximum atomic E-state index is 10.9. The molecule has 0 bridgehead atoms. The van der Waals surface area contributed by atoms with Crippen LogP contribution in [-0.4, -0.2) is 14.6 Å². The van der Waals surface area contributed by atoms with Crippen LogP contribution in [0.3, 0.4) is 0 Å². The molecule has 0 aliphatic rings. The summed E-state index contributed by atoms with van der Waals surface area (Å²) in [4.78, 5) is 10.9. The summed E-state index contributed by atoms with van der Waals surface area (Å²) in [5.74, 6) is 0.474. The van der Waals surface area contributed by atoms with Crippen molar-refractivity contribution in [2.75, 3.05) is 0 Å². The van der Waals surface area contributed by atoms with E-state index < -0.39 is 8.32 Å². The number of carbonyl (C=O) groups is 1. The highest BCUT2D eigenvalue weighted by Crippen LogP contribution is 2.31. The van der Waals surface area contributed by atoms with Gasteiger partial charge in [0.15, 0.2) is 6.29 Å². The lowest BCUT2D eigenvalue weighted by Gasteiger charge is -2.20. The number of hydrogen-bond donors (Lipinski definition) is 0. The van der Waals surface area contributed by atoms with Gasteiger partial charge in [0.1, 0.15) is 5.75 Å². The molecular formula is C10H12Cl2O2Si. The van der Waals surface area contributed by atoms with Crippen molar-refractivity contribution in [3.63, 3.8) is 0 Å².